The summed E-state index contributed by atoms with van der Waals surface area (Å²) in [5, 5.41) is 4.50. The minimum absolute atomic E-state index is 0.0903. The van der Waals surface area contributed by atoms with Crippen LogP contribution in [0, 0.1) is 0 Å². The second-order valence-electron chi connectivity index (χ2n) is 7.02. The van der Waals surface area contributed by atoms with E-state index in [0.717, 1.165) is 10.1 Å². The van der Waals surface area contributed by atoms with Gasteiger partial charge >= 0.3 is 5.69 Å². The van der Waals surface area contributed by atoms with Gasteiger partial charge in [0.2, 0.25) is 5.91 Å². The van der Waals surface area contributed by atoms with Crippen LogP contribution in [0.4, 0.5) is 5.69 Å². The Morgan fingerprint density at radius 3 is 2.44 bits per heavy atom. The molecule has 0 fully saturated rings. The predicted octanol–water partition coefficient (Wildman–Crippen LogP) is 2.93. The van der Waals surface area contributed by atoms with Gasteiger partial charge in [-0.2, -0.15) is 0 Å². The number of methoxy groups -OCH3 is 2. The van der Waals surface area contributed by atoms with Crippen molar-refractivity contribution in [1.82, 2.24) is 9.13 Å². The summed E-state index contributed by atoms with van der Waals surface area (Å²) in [7, 11) is 3.11. The third-order valence-corrected chi connectivity index (χ3v) is 5.88. The molecule has 0 aliphatic rings. The topological polar surface area (TPSA) is 91.6 Å². The summed E-state index contributed by atoms with van der Waals surface area (Å²) in [6.45, 7) is -0.140. The minimum atomic E-state index is -0.544. The molecule has 4 rings (SSSR count). The van der Waals surface area contributed by atoms with Gasteiger partial charge in [0.15, 0.2) is 0 Å². The zero-order chi connectivity index (χ0) is 22.7. The minimum Gasteiger partial charge on any atom is -0.497 e. The van der Waals surface area contributed by atoms with Crippen LogP contribution in [-0.4, -0.2) is 29.3 Å². The lowest BCUT2D eigenvalue weighted by Crippen LogP contribution is -2.41. The molecule has 1 amide bonds. The Balaban J connectivity index is 1.67. The molecule has 0 saturated heterocycles. The Morgan fingerprint density at radius 2 is 1.72 bits per heavy atom. The zero-order valence-corrected chi connectivity index (χ0v) is 18.3. The van der Waals surface area contributed by atoms with Crippen molar-refractivity contribution in [3.8, 4) is 11.5 Å². The molecule has 0 radical (unpaired) electrons. The van der Waals surface area contributed by atoms with Crippen LogP contribution in [0.1, 0.15) is 5.56 Å². The number of nitrogens with one attached hydrogen (secondary N) is 1. The van der Waals surface area contributed by atoms with Crippen molar-refractivity contribution in [3.63, 3.8) is 0 Å². The number of rotatable bonds is 7. The number of carbonyl (C=O) groups is 1. The van der Waals surface area contributed by atoms with Crippen LogP contribution in [0.3, 0.4) is 0 Å². The SMILES string of the molecule is COc1ccc(Cn2c(=O)c3sccc3n(CC(=O)Nc3cccc(OC)c3)c2=O)cc1. The normalized spacial score (nSPS) is 10.8. The Kier molecular flexibility index (Phi) is 6.09. The molecule has 0 spiro atoms. The summed E-state index contributed by atoms with van der Waals surface area (Å²) in [4.78, 5) is 38.9. The maximum Gasteiger partial charge on any atom is 0.332 e. The van der Waals surface area contributed by atoms with E-state index in [2.05, 4.69) is 5.32 Å². The summed E-state index contributed by atoms with van der Waals surface area (Å²) in [6, 6.07) is 15.7. The van der Waals surface area contributed by atoms with Gasteiger partial charge in [-0.1, -0.05) is 18.2 Å². The molecule has 0 saturated carbocycles. The Bertz CT molecular complexity index is 1390. The van der Waals surface area contributed by atoms with E-state index in [1.807, 2.05) is 0 Å². The van der Waals surface area contributed by atoms with E-state index in [0.29, 0.717) is 27.4 Å². The fraction of sp³-hybridized carbons (Fsp3) is 0.174. The second kappa shape index (κ2) is 9.11. The number of aromatic nitrogens is 2. The Morgan fingerprint density at radius 1 is 0.969 bits per heavy atom. The Hall–Kier alpha value is -3.85. The van der Waals surface area contributed by atoms with Crippen molar-refractivity contribution in [2.45, 2.75) is 13.1 Å². The molecule has 9 heteroatoms. The molecule has 164 valence electrons. The van der Waals surface area contributed by atoms with Crippen LogP contribution in [-0.2, 0) is 17.9 Å². The second-order valence-corrected chi connectivity index (χ2v) is 7.94. The molecule has 0 bridgehead atoms. The number of thiophene rings is 1. The molecular weight excluding hydrogens is 430 g/mol. The first-order valence-electron chi connectivity index (χ1n) is 9.78. The van der Waals surface area contributed by atoms with Gasteiger partial charge in [0.05, 0.1) is 26.3 Å². The molecule has 1 N–H and O–H groups in total. The number of benzene rings is 2. The molecule has 8 nitrogen and oxygen atoms in total. The molecular formula is C23H21N3O5S. The molecule has 0 atom stereocenters. The van der Waals surface area contributed by atoms with E-state index in [9.17, 15) is 14.4 Å². The molecule has 4 aromatic rings. The van der Waals surface area contributed by atoms with Crippen LogP contribution in [0.5, 0.6) is 11.5 Å². The van der Waals surface area contributed by atoms with Crippen molar-refractivity contribution in [3.05, 3.63) is 86.4 Å². The van der Waals surface area contributed by atoms with Gasteiger partial charge in [-0.15, -0.1) is 11.3 Å². The predicted molar refractivity (Wildman–Crippen MR) is 124 cm³/mol. The number of anilines is 1. The maximum absolute atomic E-state index is 13.2. The Labute approximate surface area is 187 Å². The average Bonchev–Trinajstić information content (AvgIpc) is 3.30. The highest BCUT2D eigenvalue weighted by atomic mass is 32.1. The van der Waals surface area contributed by atoms with Gasteiger partial charge in [-0.3, -0.25) is 18.7 Å². The van der Waals surface area contributed by atoms with Gasteiger partial charge < -0.3 is 14.8 Å². The van der Waals surface area contributed by atoms with Crippen molar-refractivity contribution in [2.75, 3.05) is 19.5 Å². The van der Waals surface area contributed by atoms with Crippen molar-refractivity contribution < 1.29 is 14.3 Å². The van der Waals surface area contributed by atoms with Crippen LogP contribution in [0.25, 0.3) is 10.2 Å². The summed E-state index contributed by atoms with van der Waals surface area (Å²) < 4.78 is 13.2. The van der Waals surface area contributed by atoms with E-state index >= 15 is 0 Å². The summed E-state index contributed by atoms with van der Waals surface area (Å²) in [5.74, 6) is 0.900. The molecule has 2 aromatic carbocycles. The molecule has 0 aliphatic carbocycles. The third kappa shape index (κ3) is 4.28. The highest BCUT2D eigenvalue weighted by molar-refractivity contribution is 7.17. The van der Waals surface area contributed by atoms with E-state index in [1.165, 1.54) is 15.9 Å². The van der Waals surface area contributed by atoms with Crippen molar-refractivity contribution in [2.24, 2.45) is 0 Å². The van der Waals surface area contributed by atoms with Crippen molar-refractivity contribution >= 4 is 33.1 Å². The highest BCUT2D eigenvalue weighted by Gasteiger charge is 2.17. The lowest BCUT2D eigenvalue weighted by atomic mass is 10.2. The smallest absolute Gasteiger partial charge is 0.332 e. The maximum atomic E-state index is 13.2. The number of fused-ring (bicyclic) bond motifs is 1. The van der Waals surface area contributed by atoms with E-state index in [-0.39, 0.29) is 24.6 Å². The molecule has 0 aliphatic heterocycles. The standard InChI is InChI=1S/C23H21N3O5S/c1-30-17-8-6-15(7-9-17)13-26-22(28)21-19(10-11-32-21)25(23(26)29)14-20(27)24-16-4-3-5-18(12-16)31-2/h3-12H,13-14H2,1-2H3,(H,24,27). The lowest BCUT2D eigenvalue weighted by Gasteiger charge is -2.13. The van der Waals surface area contributed by atoms with Gasteiger partial charge in [0.1, 0.15) is 22.7 Å². The van der Waals surface area contributed by atoms with Gasteiger partial charge in [-0.05, 0) is 41.3 Å². The fourth-order valence-corrected chi connectivity index (χ4v) is 4.23. The van der Waals surface area contributed by atoms with Crippen molar-refractivity contribution in [1.29, 1.82) is 0 Å². The third-order valence-electron chi connectivity index (χ3n) is 4.99. The highest BCUT2D eigenvalue weighted by Crippen LogP contribution is 2.18. The van der Waals surface area contributed by atoms with Gasteiger partial charge in [-0.25, -0.2) is 4.79 Å². The first-order chi connectivity index (χ1) is 15.5. The first kappa shape index (κ1) is 21.4. The quantitative estimate of drug-likeness (QED) is 0.467. The number of amides is 1. The van der Waals surface area contributed by atoms with E-state index < -0.39 is 5.69 Å². The van der Waals surface area contributed by atoms with Crippen LogP contribution >= 0.6 is 11.3 Å². The lowest BCUT2D eigenvalue weighted by molar-refractivity contribution is -0.116. The van der Waals surface area contributed by atoms with Crippen LogP contribution in [0.2, 0.25) is 0 Å². The number of hydrogen-bond acceptors (Lipinski definition) is 6. The largest absolute Gasteiger partial charge is 0.497 e. The van der Waals surface area contributed by atoms with Crippen LogP contribution in [0.15, 0.2) is 69.6 Å². The molecule has 32 heavy (non-hydrogen) atoms. The molecule has 2 heterocycles. The van der Waals surface area contributed by atoms with Gasteiger partial charge in [0.25, 0.3) is 5.56 Å². The monoisotopic (exact) mass is 451 g/mol. The summed E-state index contributed by atoms with van der Waals surface area (Å²) in [6.07, 6.45) is 0. The first-order valence-corrected chi connectivity index (χ1v) is 10.7. The average molecular weight is 452 g/mol. The number of ether oxygens (including phenoxy) is 2. The number of hydrogen-bond donors (Lipinski definition) is 1. The number of carbonyl (C=O) groups excluding carboxylic acids is 1. The zero-order valence-electron chi connectivity index (χ0n) is 17.5. The van der Waals surface area contributed by atoms with E-state index in [1.54, 1.807) is 74.2 Å². The summed E-state index contributed by atoms with van der Waals surface area (Å²) in [5.41, 5.74) is 0.846. The molecule has 2 aromatic heterocycles. The fourth-order valence-electron chi connectivity index (χ4n) is 3.38. The van der Waals surface area contributed by atoms with E-state index in [4.69, 9.17) is 9.47 Å². The van der Waals surface area contributed by atoms with Crippen LogP contribution < -0.4 is 26.0 Å². The number of nitrogens with zero attached hydrogens (tertiary/aromatic N) is 2. The van der Waals surface area contributed by atoms with Gasteiger partial charge in [0, 0.05) is 11.8 Å². The molecule has 0 unspecified atom stereocenters. The summed E-state index contributed by atoms with van der Waals surface area (Å²) >= 11 is 1.24.